The fourth-order valence-corrected chi connectivity index (χ4v) is 1.18. The number of hydrogen-bond acceptors (Lipinski definition) is 0. The van der Waals surface area contributed by atoms with E-state index in [0.29, 0.717) is 11.9 Å². The Labute approximate surface area is 65.8 Å². The third-order valence-corrected chi connectivity index (χ3v) is 1.73. The normalized spacial score (nSPS) is 10.8. The van der Waals surface area contributed by atoms with E-state index in [1.807, 2.05) is 12.4 Å². The van der Waals surface area contributed by atoms with E-state index in [1.165, 1.54) is 0 Å². The number of alkyl halides is 1. The Morgan fingerprint density at radius 2 is 2.40 bits per heavy atom. The summed E-state index contributed by atoms with van der Waals surface area (Å²) in [5.74, 6) is 1.61. The number of halogens is 1. The van der Waals surface area contributed by atoms with Crippen LogP contribution in [-0.2, 0) is 5.88 Å². The van der Waals surface area contributed by atoms with E-state index >= 15 is 0 Å². The molecule has 1 heterocycles. The molecular weight excluding hydrogens is 148 g/mol. The lowest BCUT2D eigenvalue weighted by atomic mass is 10.4. The lowest BCUT2D eigenvalue weighted by molar-refractivity contribution is -0.721. The number of rotatable bonds is 2. The van der Waals surface area contributed by atoms with Crippen molar-refractivity contribution in [3.63, 3.8) is 0 Å². The molecule has 56 valence electrons. The molecule has 1 N–H and O–H groups in total. The number of nitrogens with zero attached hydrogens (tertiary/aromatic N) is 1. The topological polar surface area (TPSA) is 19.7 Å². The van der Waals surface area contributed by atoms with Gasteiger partial charge in [0.1, 0.15) is 18.3 Å². The Morgan fingerprint density at radius 3 is 2.80 bits per heavy atom. The molecule has 0 unspecified atom stereocenters. The van der Waals surface area contributed by atoms with Gasteiger partial charge in [0.05, 0.1) is 6.04 Å². The molecule has 1 aromatic heterocycles. The minimum atomic E-state index is 0.486. The zero-order valence-electron chi connectivity index (χ0n) is 6.26. The van der Waals surface area contributed by atoms with Gasteiger partial charge in [0.2, 0.25) is 0 Å². The van der Waals surface area contributed by atoms with Crippen LogP contribution in [0.5, 0.6) is 0 Å². The van der Waals surface area contributed by atoms with Crippen molar-refractivity contribution >= 4 is 11.6 Å². The van der Waals surface area contributed by atoms with E-state index in [0.717, 1.165) is 5.82 Å². The highest BCUT2D eigenvalue weighted by Crippen LogP contribution is 1.97. The van der Waals surface area contributed by atoms with Gasteiger partial charge >= 0.3 is 0 Å². The predicted octanol–water partition coefficient (Wildman–Crippen LogP) is 1.62. The maximum atomic E-state index is 5.67. The van der Waals surface area contributed by atoms with Gasteiger partial charge in [-0.3, -0.25) is 0 Å². The second-order valence-electron chi connectivity index (χ2n) is 2.54. The fourth-order valence-electron chi connectivity index (χ4n) is 0.970. The largest absolute Gasteiger partial charge is 0.269 e. The molecule has 0 aliphatic rings. The van der Waals surface area contributed by atoms with Crippen LogP contribution in [-0.4, -0.2) is 4.98 Å². The molecule has 0 amide bonds. The highest BCUT2D eigenvalue weighted by atomic mass is 35.5. The average Bonchev–Trinajstić information content (AvgIpc) is 2.33. The second kappa shape index (κ2) is 3.06. The standard InChI is InChI=1S/C7H11ClN2/c1-6(2)10-4-3-9-7(10)5-8/h3-4,6H,5H2,1-2H3/p+1. The molecule has 0 bridgehead atoms. The summed E-state index contributed by atoms with van der Waals surface area (Å²) in [5.41, 5.74) is 0. The summed E-state index contributed by atoms with van der Waals surface area (Å²) < 4.78 is 2.12. The average molecular weight is 160 g/mol. The third-order valence-electron chi connectivity index (χ3n) is 1.48. The van der Waals surface area contributed by atoms with Crippen molar-refractivity contribution in [1.29, 1.82) is 0 Å². The van der Waals surface area contributed by atoms with E-state index in [2.05, 4.69) is 23.4 Å². The molecule has 0 atom stereocenters. The van der Waals surface area contributed by atoms with Crippen molar-refractivity contribution in [2.24, 2.45) is 0 Å². The maximum Gasteiger partial charge on any atom is 0.269 e. The van der Waals surface area contributed by atoms with Crippen LogP contribution >= 0.6 is 11.6 Å². The smallest absolute Gasteiger partial charge is 0.247 e. The first kappa shape index (κ1) is 7.61. The van der Waals surface area contributed by atoms with Crippen LogP contribution in [0.2, 0.25) is 0 Å². The van der Waals surface area contributed by atoms with Gasteiger partial charge in [0.15, 0.2) is 0 Å². The summed E-state index contributed by atoms with van der Waals surface area (Å²) in [6.45, 7) is 4.26. The molecule has 0 fully saturated rings. The minimum absolute atomic E-state index is 0.486. The highest BCUT2D eigenvalue weighted by molar-refractivity contribution is 6.16. The number of aromatic nitrogens is 2. The van der Waals surface area contributed by atoms with Crippen molar-refractivity contribution in [2.45, 2.75) is 25.8 Å². The molecule has 0 saturated heterocycles. The molecule has 0 spiro atoms. The Kier molecular flexibility index (Phi) is 2.33. The predicted molar refractivity (Wildman–Crippen MR) is 40.9 cm³/mol. The van der Waals surface area contributed by atoms with Crippen molar-refractivity contribution in [1.82, 2.24) is 4.98 Å². The molecular formula is C7H12ClN2+. The molecule has 3 heteroatoms. The summed E-state index contributed by atoms with van der Waals surface area (Å²) in [7, 11) is 0. The number of nitrogens with one attached hydrogen (secondary N) is 1. The first-order valence-corrected chi connectivity index (χ1v) is 3.92. The minimum Gasteiger partial charge on any atom is -0.247 e. The number of hydrogen-bond donors (Lipinski definition) is 1. The lowest BCUT2D eigenvalue weighted by Crippen LogP contribution is -2.37. The van der Waals surface area contributed by atoms with Crippen molar-refractivity contribution < 1.29 is 4.57 Å². The molecule has 0 aliphatic heterocycles. The fraction of sp³-hybridized carbons (Fsp3) is 0.571. The van der Waals surface area contributed by atoms with E-state index in [-0.39, 0.29) is 0 Å². The number of imidazole rings is 1. The lowest BCUT2D eigenvalue weighted by Gasteiger charge is -2.00. The van der Waals surface area contributed by atoms with Gasteiger partial charge in [0, 0.05) is 0 Å². The molecule has 1 rings (SSSR count). The van der Waals surface area contributed by atoms with Gasteiger partial charge in [-0.15, -0.1) is 11.6 Å². The van der Waals surface area contributed by atoms with Gasteiger partial charge < -0.3 is 0 Å². The Balaban J connectivity index is 2.90. The van der Waals surface area contributed by atoms with Gasteiger partial charge in [-0.05, 0) is 13.8 Å². The van der Waals surface area contributed by atoms with Crippen LogP contribution in [0.4, 0.5) is 0 Å². The van der Waals surface area contributed by atoms with Gasteiger partial charge in [-0.2, -0.15) is 0 Å². The molecule has 2 nitrogen and oxygen atoms in total. The molecule has 10 heavy (non-hydrogen) atoms. The van der Waals surface area contributed by atoms with E-state index in [1.54, 1.807) is 0 Å². The van der Waals surface area contributed by atoms with Crippen LogP contribution in [0.15, 0.2) is 12.4 Å². The SMILES string of the molecule is CC(C)[n+]1cc[nH]c1CCl. The van der Waals surface area contributed by atoms with Crippen LogP contribution in [0, 0.1) is 0 Å². The summed E-state index contributed by atoms with van der Waals surface area (Å²) in [4.78, 5) is 3.07. The Morgan fingerprint density at radius 1 is 1.70 bits per heavy atom. The van der Waals surface area contributed by atoms with Crippen LogP contribution in [0.25, 0.3) is 0 Å². The van der Waals surface area contributed by atoms with Gasteiger partial charge in [0.25, 0.3) is 5.82 Å². The van der Waals surface area contributed by atoms with Gasteiger partial charge in [-0.1, -0.05) is 0 Å². The van der Waals surface area contributed by atoms with E-state index in [9.17, 15) is 0 Å². The molecule has 0 saturated carbocycles. The summed E-state index contributed by atoms with van der Waals surface area (Å²) in [5, 5.41) is 0. The second-order valence-corrected chi connectivity index (χ2v) is 2.81. The van der Waals surface area contributed by atoms with Crippen molar-refractivity contribution in [2.75, 3.05) is 0 Å². The van der Waals surface area contributed by atoms with Gasteiger partial charge in [-0.25, -0.2) is 9.55 Å². The Bertz CT molecular complexity index is 205. The van der Waals surface area contributed by atoms with Crippen LogP contribution in [0.3, 0.4) is 0 Å². The molecule has 0 aromatic carbocycles. The van der Waals surface area contributed by atoms with E-state index < -0.39 is 0 Å². The summed E-state index contributed by atoms with van der Waals surface area (Å²) in [6.07, 6.45) is 3.90. The quantitative estimate of drug-likeness (QED) is 0.500. The first-order chi connectivity index (χ1) is 4.75. The van der Waals surface area contributed by atoms with Crippen molar-refractivity contribution in [3.8, 4) is 0 Å². The zero-order valence-corrected chi connectivity index (χ0v) is 7.02. The molecule has 1 aromatic rings. The van der Waals surface area contributed by atoms with E-state index in [4.69, 9.17) is 11.6 Å². The Hall–Kier alpha value is -0.500. The van der Waals surface area contributed by atoms with Crippen LogP contribution in [0.1, 0.15) is 25.7 Å². The maximum absolute atomic E-state index is 5.67. The zero-order chi connectivity index (χ0) is 7.56. The number of aromatic amines is 1. The molecule has 0 aliphatic carbocycles. The van der Waals surface area contributed by atoms with Crippen LogP contribution < -0.4 is 4.57 Å². The highest BCUT2D eigenvalue weighted by Gasteiger charge is 2.10. The summed E-state index contributed by atoms with van der Waals surface area (Å²) >= 11 is 5.67. The number of H-pyrrole nitrogens is 1. The third kappa shape index (κ3) is 1.32. The summed E-state index contributed by atoms with van der Waals surface area (Å²) in [6, 6.07) is 0.486. The molecule has 0 radical (unpaired) electrons. The van der Waals surface area contributed by atoms with Crippen molar-refractivity contribution in [3.05, 3.63) is 18.2 Å². The monoisotopic (exact) mass is 159 g/mol. The first-order valence-electron chi connectivity index (χ1n) is 3.39.